The molecule has 10 heteroatoms. The summed E-state index contributed by atoms with van der Waals surface area (Å²) in [6.45, 7) is 1.81. The Morgan fingerprint density at radius 3 is 1.36 bits per heavy atom. The number of hydrogen-bond donors (Lipinski definition) is 2. The molecule has 0 unspecified atom stereocenters. The number of carbonyl (C=O) groups is 4. The maximum Gasteiger partial charge on any atom is 0.247 e. The summed E-state index contributed by atoms with van der Waals surface area (Å²) in [7, 11) is 7.38. The molecule has 2 saturated heterocycles. The monoisotopic (exact) mass is 574 g/mol. The first kappa shape index (κ1) is 30.9. The second-order valence-corrected chi connectivity index (χ2v) is 11.5. The van der Waals surface area contributed by atoms with Crippen LogP contribution < -0.4 is 10.6 Å². The molecule has 2 N–H and O–H groups in total. The van der Waals surface area contributed by atoms with E-state index in [-0.39, 0.29) is 23.6 Å². The summed E-state index contributed by atoms with van der Waals surface area (Å²) in [4.78, 5) is 57.8. The number of amides is 4. The van der Waals surface area contributed by atoms with Crippen molar-refractivity contribution in [1.29, 1.82) is 0 Å². The van der Waals surface area contributed by atoms with Crippen LogP contribution in [0.3, 0.4) is 0 Å². The number of nitrogens with zero attached hydrogens (tertiary/aromatic N) is 4. The van der Waals surface area contributed by atoms with Crippen LogP contribution in [0.15, 0.2) is 48.5 Å². The average Bonchev–Trinajstić information content (AvgIpc) is 3.63. The van der Waals surface area contributed by atoms with Crippen LogP contribution in [-0.4, -0.2) is 110 Å². The Labute approximate surface area is 248 Å². The Kier molecular flexibility index (Phi) is 10.5. The van der Waals surface area contributed by atoms with Crippen LogP contribution in [0.4, 0.5) is 11.4 Å². The molecule has 0 aliphatic carbocycles. The third-order valence-electron chi connectivity index (χ3n) is 7.48. The van der Waals surface area contributed by atoms with Crippen LogP contribution >= 0.6 is 0 Å². The number of nitrogens with one attached hydrogen (secondary N) is 2. The summed E-state index contributed by atoms with van der Waals surface area (Å²) in [6, 6.07) is 14.2. The fourth-order valence-electron chi connectivity index (χ4n) is 5.40. The largest absolute Gasteiger partial charge is 0.330 e. The van der Waals surface area contributed by atoms with Gasteiger partial charge in [-0.15, -0.1) is 0 Å². The number of rotatable bonds is 10. The number of likely N-dealkylation sites (N-methyl/N-ethyl adjacent to an activating group) is 2. The predicted octanol–water partition coefficient (Wildman–Crippen LogP) is 2.84. The van der Waals surface area contributed by atoms with Crippen molar-refractivity contribution >= 4 is 47.2 Å². The first-order valence-electron chi connectivity index (χ1n) is 14.5. The standard InChI is InChI=1S/C32H42N6O4/c1-35(2)21-29(39)37-19-5-7-27(37)31(41)33-25-15-11-23(12-16-25)9-10-24-13-17-26(18-14-24)34-32(42)28-8-6-20-38(28)30(40)22-36(3)4/h9-18,27-28H,5-8,19-22H2,1-4H3,(H,33,41)(H,34,42)/b10-9+/t27-,28-/m0/s1. The molecule has 2 heterocycles. The molecule has 2 fully saturated rings. The van der Waals surface area contributed by atoms with Crippen LogP contribution in [0.5, 0.6) is 0 Å². The van der Waals surface area contributed by atoms with Gasteiger partial charge < -0.3 is 30.2 Å². The molecule has 2 aromatic carbocycles. The van der Waals surface area contributed by atoms with Crippen molar-refractivity contribution < 1.29 is 19.2 Å². The summed E-state index contributed by atoms with van der Waals surface area (Å²) in [6.07, 6.45) is 6.94. The zero-order valence-corrected chi connectivity index (χ0v) is 25.0. The van der Waals surface area contributed by atoms with Crippen molar-refractivity contribution in [2.75, 3.05) is 65.0 Å². The Balaban J connectivity index is 1.28. The second kappa shape index (κ2) is 14.2. The van der Waals surface area contributed by atoms with Crippen molar-refractivity contribution in [2.24, 2.45) is 0 Å². The molecular formula is C32H42N6O4. The minimum Gasteiger partial charge on any atom is -0.330 e. The Morgan fingerprint density at radius 2 is 1.02 bits per heavy atom. The van der Waals surface area contributed by atoms with E-state index in [2.05, 4.69) is 10.6 Å². The Morgan fingerprint density at radius 1 is 0.667 bits per heavy atom. The fourth-order valence-corrected chi connectivity index (χ4v) is 5.40. The van der Waals surface area contributed by atoms with E-state index in [4.69, 9.17) is 0 Å². The van der Waals surface area contributed by atoms with Crippen molar-refractivity contribution in [1.82, 2.24) is 19.6 Å². The highest BCUT2D eigenvalue weighted by Crippen LogP contribution is 2.22. The lowest BCUT2D eigenvalue weighted by Gasteiger charge is -2.25. The van der Waals surface area contributed by atoms with E-state index in [0.717, 1.165) is 24.0 Å². The molecule has 0 saturated carbocycles. The molecular weight excluding hydrogens is 532 g/mol. The van der Waals surface area contributed by atoms with Crippen molar-refractivity contribution in [3.63, 3.8) is 0 Å². The van der Waals surface area contributed by atoms with E-state index in [1.54, 1.807) is 9.80 Å². The van der Waals surface area contributed by atoms with Crippen LogP contribution in [0.25, 0.3) is 12.2 Å². The van der Waals surface area contributed by atoms with Gasteiger partial charge in [-0.1, -0.05) is 36.4 Å². The summed E-state index contributed by atoms with van der Waals surface area (Å²) in [5, 5.41) is 5.91. The molecule has 0 spiro atoms. The highest BCUT2D eigenvalue weighted by Gasteiger charge is 2.35. The van der Waals surface area contributed by atoms with Crippen molar-refractivity contribution in [3.8, 4) is 0 Å². The van der Waals surface area contributed by atoms with Gasteiger partial charge in [-0.3, -0.25) is 19.2 Å². The normalized spacial score (nSPS) is 18.7. The molecule has 42 heavy (non-hydrogen) atoms. The Bertz CT molecular complexity index is 1190. The minimum absolute atomic E-state index is 0.0268. The van der Waals surface area contributed by atoms with E-state index in [1.807, 2.05) is 98.7 Å². The summed E-state index contributed by atoms with van der Waals surface area (Å²) < 4.78 is 0. The zero-order valence-electron chi connectivity index (χ0n) is 25.0. The molecule has 2 atom stereocenters. The van der Waals surface area contributed by atoms with Gasteiger partial charge in [-0.05, 0) is 89.3 Å². The third-order valence-corrected chi connectivity index (χ3v) is 7.48. The molecule has 0 radical (unpaired) electrons. The number of anilines is 2. The first-order chi connectivity index (χ1) is 20.1. The third kappa shape index (κ3) is 8.27. The highest BCUT2D eigenvalue weighted by molar-refractivity contribution is 5.98. The van der Waals surface area contributed by atoms with E-state index in [1.165, 1.54) is 0 Å². The molecule has 4 amide bonds. The van der Waals surface area contributed by atoms with Crippen molar-refractivity contribution in [3.05, 3.63) is 59.7 Å². The van der Waals surface area contributed by atoms with E-state index < -0.39 is 12.1 Å². The van der Waals surface area contributed by atoms with Crippen LogP contribution in [0.2, 0.25) is 0 Å². The molecule has 2 aromatic rings. The van der Waals surface area contributed by atoms with Crippen molar-refractivity contribution in [2.45, 2.75) is 37.8 Å². The van der Waals surface area contributed by atoms with Gasteiger partial charge in [0, 0.05) is 24.5 Å². The van der Waals surface area contributed by atoms with Gasteiger partial charge in [0.25, 0.3) is 0 Å². The number of carbonyl (C=O) groups excluding carboxylic acids is 4. The quantitative estimate of drug-likeness (QED) is 0.423. The maximum absolute atomic E-state index is 12.9. The van der Waals surface area contributed by atoms with Gasteiger partial charge in [0.15, 0.2) is 0 Å². The lowest BCUT2D eigenvalue weighted by molar-refractivity contribution is -0.137. The molecule has 2 aliphatic rings. The zero-order chi connectivity index (χ0) is 30.2. The van der Waals surface area contributed by atoms with Crippen LogP contribution in [0, 0.1) is 0 Å². The van der Waals surface area contributed by atoms with Gasteiger partial charge >= 0.3 is 0 Å². The van der Waals surface area contributed by atoms with Crippen LogP contribution in [0.1, 0.15) is 36.8 Å². The minimum atomic E-state index is -0.438. The Hall–Kier alpha value is -4.02. The van der Waals surface area contributed by atoms with Crippen LogP contribution in [-0.2, 0) is 19.2 Å². The van der Waals surface area contributed by atoms with Gasteiger partial charge in [0.1, 0.15) is 12.1 Å². The molecule has 0 bridgehead atoms. The summed E-state index contributed by atoms with van der Waals surface area (Å²) in [5.41, 5.74) is 3.32. The van der Waals surface area contributed by atoms with Gasteiger partial charge in [0.2, 0.25) is 23.6 Å². The SMILES string of the molecule is CN(C)CC(=O)N1CCC[C@H]1C(=O)Nc1ccc(/C=C/c2ccc(NC(=O)[C@@H]3CCCN3C(=O)CN(C)C)cc2)cc1. The lowest BCUT2D eigenvalue weighted by atomic mass is 10.1. The smallest absolute Gasteiger partial charge is 0.247 e. The molecule has 224 valence electrons. The van der Waals surface area contributed by atoms with Gasteiger partial charge in [-0.25, -0.2) is 0 Å². The molecule has 0 aromatic heterocycles. The maximum atomic E-state index is 12.9. The number of likely N-dealkylation sites (tertiary alicyclic amines) is 2. The van der Waals surface area contributed by atoms with E-state index in [9.17, 15) is 19.2 Å². The molecule has 4 rings (SSSR count). The molecule has 10 nitrogen and oxygen atoms in total. The number of benzene rings is 2. The predicted molar refractivity (Wildman–Crippen MR) is 166 cm³/mol. The van der Waals surface area contributed by atoms with E-state index >= 15 is 0 Å². The molecule has 2 aliphatic heterocycles. The first-order valence-corrected chi connectivity index (χ1v) is 14.5. The van der Waals surface area contributed by atoms with E-state index in [0.29, 0.717) is 50.4 Å². The topological polar surface area (TPSA) is 105 Å². The second-order valence-electron chi connectivity index (χ2n) is 11.5. The highest BCUT2D eigenvalue weighted by atomic mass is 16.2. The van der Waals surface area contributed by atoms with Gasteiger partial charge in [0.05, 0.1) is 13.1 Å². The lowest BCUT2D eigenvalue weighted by Crippen LogP contribution is -2.46. The van der Waals surface area contributed by atoms with Gasteiger partial charge in [-0.2, -0.15) is 0 Å². The number of hydrogen-bond acceptors (Lipinski definition) is 6. The summed E-state index contributed by atoms with van der Waals surface area (Å²) in [5.74, 6) is -0.367. The fraction of sp³-hybridized carbons (Fsp3) is 0.438. The average molecular weight is 575 g/mol. The summed E-state index contributed by atoms with van der Waals surface area (Å²) >= 11 is 0.